The van der Waals surface area contributed by atoms with Crippen LogP contribution in [-0.4, -0.2) is 34.5 Å². The van der Waals surface area contributed by atoms with Crippen molar-refractivity contribution >= 4 is 5.97 Å². The van der Waals surface area contributed by atoms with E-state index in [1.165, 1.54) is 31.3 Å². The number of hydrogen-bond acceptors (Lipinski definition) is 4. The molecule has 0 radical (unpaired) electrons. The summed E-state index contributed by atoms with van der Waals surface area (Å²) >= 11 is 0. The van der Waals surface area contributed by atoms with Gasteiger partial charge in [-0.25, -0.2) is 0 Å². The van der Waals surface area contributed by atoms with Crippen LogP contribution >= 0.6 is 0 Å². The molecule has 0 aromatic rings. The Morgan fingerprint density at radius 3 is 2.68 bits per heavy atom. The standard InChI is InChI=1S/C30H44O4/c1-19(2)29(33)34-28(22-11-12-22)9-5-8-24-14-15-26-21(7-6-16-30(24,26)4)10-13-23-17-25(31)18-27(32)20(23)3/h5,9-10,13,19,22,24-28,31-32H,3,6-8,11-12,14-18H2,1-2,4H3/b9-5+,21-10+,23-13-. The third-order valence-corrected chi connectivity index (χ3v) is 8.98. The first kappa shape index (κ1) is 25.4. The van der Waals surface area contributed by atoms with Gasteiger partial charge in [0.05, 0.1) is 18.1 Å². The van der Waals surface area contributed by atoms with Crippen LogP contribution in [0.25, 0.3) is 0 Å². The smallest absolute Gasteiger partial charge is 0.308 e. The third kappa shape index (κ3) is 5.60. The van der Waals surface area contributed by atoms with Gasteiger partial charge in [0.15, 0.2) is 0 Å². The van der Waals surface area contributed by atoms with Crippen LogP contribution in [0.2, 0.25) is 0 Å². The largest absolute Gasteiger partial charge is 0.458 e. The number of fused-ring (bicyclic) bond motifs is 1. The monoisotopic (exact) mass is 468 g/mol. The van der Waals surface area contributed by atoms with E-state index in [1.807, 2.05) is 13.8 Å². The lowest BCUT2D eigenvalue weighted by atomic mass is 9.63. The lowest BCUT2D eigenvalue weighted by molar-refractivity contribution is -0.151. The maximum absolute atomic E-state index is 12.1. The zero-order valence-corrected chi connectivity index (χ0v) is 21.3. The Labute approximate surface area is 205 Å². The number of carbonyl (C=O) groups excluding carboxylic acids is 1. The van der Waals surface area contributed by atoms with Gasteiger partial charge in [-0.2, -0.15) is 0 Å². The predicted octanol–water partition coefficient (Wildman–Crippen LogP) is 6.05. The second-order valence-corrected chi connectivity index (χ2v) is 11.8. The summed E-state index contributed by atoms with van der Waals surface area (Å²) in [6.07, 6.45) is 18.1. The summed E-state index contributed by atoms with van der Waals surface area (Å²) in [5.41, 5.74) is 3.58. The highest BCUT2D eigenvalue weighted by molar-refractivity contribution is 5.71. The van der Waals surface area contributed by atoms with E-state index in [9.17, 15) is 15.0 Å². The number of hydrogen-bond donors (Lipinski definition) is 2. The van der Waals surface area contributed by atoms with Crippen molar-refractivity contribution in [2.75, 3.05) is 0 Å². The van der Waals surface area contributed by atoms with Gasteiger partial charge in [-0.3, -0.25) is 4.79 Å². The van der Waals surface area contributed by atoms with Gasteiger partial charge < -0.3 is 14.9 Å². The predicted molar refractivity (Wildman–Crippen MR) is 136 cm³/mol. The molecule has 6 atom stereocenters. The SMILES string of the molecule is C=C1/C(=C\C=C2/CCCC3(C)C(C/C=C/C(OC(=O)C(C)C)C4CC4)CCC23)CC(O)CC1O. The second-order valence-electron chi connectivity index (χ2n) is 11.8. The number of esters is 1. The Hall–Kier alpha value is -1.65. The number of allylic oxidation sites excluding steroid dienone is 4. The Kier molecular flexibility index (Phi) is 7.89. The minimum absolute atomic E-state index is 0.0531. The molecule has 0 aliphatic heterocycles. The van der Waals surface area contributed by atoms with Crippen LogP contribution in [0.3, 0.4) is 0 Å². The summed E-state index contributed by atoms with van der Waals surface area (Å²) < 4.78 is 5.78. The highest BCUT2D eigenvalue weighted by Gasteiger charge is 2.48. The average molecular weight is 469 g/mol. The molecule has 6 unspecified atom stereocenters. The van der Waals surface area contributed by atoms with Crippen molar-refractivity contribution < 1.29 is 19.7 Å². The Bertz CT molecular complexity index is 861. The molecule has 4 heteroatoms. The zero-order valence-electron chi connectivity index (χ0n) is 21.3. The van der Waals surface area contributed by atoms with E-state index < -0.39 is 12.2 Å². The molecule has 0 saturated heterocycles. The maximum Gasteiger partial charge on any atom is 0.308 e. The summed E-state index contributed by atoms with van der Waals surface area (Å²) in [6, 6.07) is 0. The number of aliphatic hydroxyl groups excluding tert-OH is 2. The van der Waals surface area contributed by atoms with Crippen LogP contribution in [0.15, 0.2) is 47.6 Å². The Balaban J connectivity index is 1.41. The van der Waals surface area contributed by atoms with Crippen LogP contribution in [0.4, 0.5) is 0 Å². The second kappa shape index (κ2) is 10.5. The van der Waals surface area contributed by atoms with Crippen LogP contribution in [0, 0.1) is 29.1 Å². The van der Waals surface area contributed by atoms with Gasteiger partial charge in [0.25, 0.3) is 0 Å². The molecule has 4 fully saturated rings. The van der Waals surface area contributed by atoms with Gasteiger partial charge in [0, 0.05) is 6.42 Å². The molecule has 0 amide bonds. The van der Waals surface area contributed by atoms with E-state index in [-0.39, 0.29) is 18.0 Å². The summed E-state index contributed by atoms with van der Waals surface area (Å²) in [4.78, 5) is 12.1. The molecule has 0 heterocycles. The number of rotatable bonds is 7. The maximum atomic E-state index is 12.1. The van der Waals surface area contributed by atoms with Gasteiger partial charge in [-0.15, -0.1) is 0 Å². The molecule has 0 bridgehead atoms. The Morgan fingerprint density at radius 2 is 1.97 bits per heavy atom. The first-order valence-corrected chi connectivity index (χ1v) is 13.5. The van der Waals surface area contributed by atoms with Gasteiger partial charge >= 0.3 is 5.97 Å². The van der Waals surface area contributed by atoms with E-state index in [4.69, 9.17) is 4.74 Å². The first-order valence-electron chi connectivity index (χ1n) is 13.5. The molecule has 4 nitrogen and oxygen atoms in total. The number of carbonyl (C=O) groups is 1. The quantitative estimate of drug-likeness (QED) is 0.352. The van der Waals surface area contributed by atoms with Crippen molar-refractivity contribution in [1.82, 2.24) is 0 Å². The van der Waals surface area contributed by atoms with Gasteiger partial charge in [-0.05, 0) is 98.2 Å². The van der Waals surface area contributed by atoms with Gasteiger partial charge in [0.2, 0.25) is 0 Å². The summed E-state index contributed by atoms with van der Waals surface area (Å²) in [7, 11) is 0. The normalized spacial score (nSPS) is 37.5. The average Bonchev–Trinajstić information content (AvgIpc) is 3.57. The minimum atomic E-state index is -0.632. The highest BCUT2D eigenvalue weighted by atomic mass is 16.5. The number of ether oxygens (including phenoxy) is 1. The zero-order chi connectivity index (χ0) is 24.5. The van der Waals surface area contributed by atoms with Crippen molar-refractivity contribution in [2.45, 2.75) is 103 Å². The molecule has 0 aromatic heterocycles. The fourth-order valence-corrected chi connectivity index (χ4v) is 6.56. The molecule has 4 aliphatic carbocycles. The van der Waals surface area contributed by atoms with Crippen molar-refractivity contribution in [3.63, 3.8) is 0 Å². The molecule has 34 heavy (non-hydrogen) atoms. The molecule has 4 rings (SSSR count). The van der Waals surface area contributed by atoms with Gasteiger partial charge in [-0.1, -0.05) is 51.2 Å². The van der Waals surface area contributed by atoms with Crippen LogP contribution < -0.4 is 0 Å². The van der Waals surface area contributed by atoms with E-state index in [1.54, 1.807) is 0 Å². The fourth-order valence-electron chi connectivity index (χ4n) is 6.56. The fraction of sp³-hybridized carbons (Fsp3) is 0.700. The van der Waals surface area contributed by atoms with Crippen LogP contribution in [0.5, 0.6) is 0 Å². The van der Waals surface area contributed by atoms with Crippen molar-refractivity contribution in [2.24, 2.45) is 29.1 Å². The van der Waals surface area contributed by atoms with Crippen LogP contribution in [0.1, 0.15) is 85.0 Å². The van der Waals surface area contributed by atoms with E-state index in [0.29, 0.717) is 36.0 Å². The van der Waals surface area contributed by atoms with Crippen LogP contribution in [-0.2, 0) is 9.53 Å². The lowest BCUT2D eigenvalue weighted by Gasteiger charge is -2.42. The third-order valence-electron chi connectivity index (χ3n) is 8.98. The summed E-state index contributed by atoms with van der Waals surface area (Å²) in [6.45, 7) is 10.3. The van der Waals surface area contributed by atoms with E-state index >= 15 is 0 Å². The van der Waals surface area contributed by atoms with E-state index in [0.717, 1.165) is 36.8 Å². The molecular formula is C30H44O4. The number of aliphatic hydroxyl groups is 2. The topological polar surface area (TPSA) is 66.8 Å². The van der Waals surface area contributed by atoms with Gasteiger partial charge in [0.1, 0.15) is 6.10 Å². The molecule has 2 N–H and O–H groups in total. The molecule has 0 aromatic carbocycles. The summed E-state index contributed by atoms with van der Waals surface area (Å²) in [5, 5.41) is 20.2. The van der Waals surface area contributed by atoms with E-state index in [2.05, 4.69) is 37.8 Å². The molecule has 4 aliphatic rings. The highest BCUT2D eigenvalue weighted by Crippen LogP contribution is 2.58. The molecule has 188 valence electrons. The molecule has 0 spiro atoms. The lowest BCUT2D eigenvalue weighted by Crippen LogP contribution is -2.33. The molecule has 4 saturated carbocycles. The van der Waals surface area contributed by atoms with Crippen molar-refractivity contribution in [3.8, 4) is 0 Å². The minimum Gasteiger partial charge on any atom is -0.458 e. The van der Waals surface area contributed by atoms with Crippen molar-refractivity contribution in [1.29, 1.82) is 0 Å². The Morgan fingerprint density at radius 1 is 1.21 bits per heavy atom. The molecular weight excluding hydrogens is 424 g/mol. The summed E-state index contributed by atoms with van der Waals surface area (Å²) in [5.74, 6) is 1.59. The van der Waals surface area contributed by atoms with Crippen molar-refractivity contribution in [3.05, 3.63) is 47.6 Å². The first-order chi connectivity index (χ1) is 16.2.